The first-order chi connectivity index (χ1) is 12.0. The minimum absolute atomic E-state index is 0.0405. The first-order valence-electron chi connectivity index (χ1n) is 8.48. The molecule has 0 saturated carbocycles. The summed E-state index contributed by atoms with van der Waals surface area (Å²) in [4.78, 5) is 16.8. The van der Waals surface area contributed by atoms with Crippen LogP contribution in [0.5, 0.6) is 11.5 Å². The molecule has 5 heteroatoms. The summed E-state index contributed by atoms with van der Waals surface area (Å²) in [6.07, 6.45) is 0. The highest BCUT2D eigenvalue weighted by atomic mass is 16.5. The number of benzene rings is 2. The number of phenolic OH excluding ortho intramolecular Hbond substituents is 1. The summed E-state index contributed by atoms with van der Waals surface area (Å²) < 4.78 is 5.07. The lowest BCUT2D eigenvalue weighted by Crippen LogP contribution is -2.49. The van der Waals surface area contributed by atoms with Crippen LogP contribution in [0.4, 0.5) is 5.69 Å². The molecule has 2 aromatic carbocycles. The summed E-state index contributed by atoms with van der Waals surface area (Å²) in [6, 6.07) is 11.1. The van der Waals surface area contributed by atoms with Gasteiger partial charge >= 0.3 is 0 Å². The van der Waals surface area contributed by atoms with Gasteiger partial charge in [-0.2, -0.15) is 0 Å². The average Bonchev–Trinajstić information content (AvgIpc) is 2.63. The van der Waals surface area contributed by atoms with Crippen LogP contribution < -0.4 is 9.64 Å². The van der Waals surface area contributed by atoms with E-state index in [1.165, 1.54) is 30.0 Å². The lowest BCUT2D eigenvalue weighted by molar-refractivity contribution is 0.0743. The smallest absolute Gasteiger partial charge is 0.257 e. The number of nitrogens with zero attached hydrogens (tertiary/aromatic N) is 2. The van der Waals surface area contributed by atoms with Crippen molar-refractivity contribution in [1.82, 2.24) is 4.90 Å². The van der Waals surface area contributed by atoms with Gasteiger partial charge in [-0.1, -0.05) is 12.1 Å². The molecular weight excluding hydrogens is 316 g/mol. The Morgan fingerprint density at radius 3 is 2.44 bits per heavy atom. The molecule has 1 saturated heterocycles. The summed E-state index contributed by atoms with van der Waals surface area (Å²) in [5.41, 5.74) is 4.12. The lowest BCUT2D eigenvalue weighted by Gasteiger charge is -2.37. The predicted octanol–water partition coefficient (Wildman–Crippen LogP) is 2.98. The number of phenols is 1. The molecule has 5 nitrogen and oxygen atoms in total. The van der Waals surface area contributed by atoms with Gasteiger partial charge in [-0.25, -0.2) is 0 Å². The van der Waals surface area contributed by atoms with Crippen molar-refractivity contribution in [3.05, 3.63) is 53.1 Å². The third kappa shape index (κ3) is 3.40. The highest BCUT2D eigenvalue weighted by molar-refractivity contribution is 5.97. The minimum Gasteiger partial charge on any atom is -0.507 e. The molecule has 0 atom stereocenters. The Morgan fingerprint density at radius 1 is 1.08 bits per heavy atom. The van der Waals surface area contributed by atoms with Crippen molar-refractivity contribution >= 4 is 11.6 Å². The summed E-state index contributed by atoms with van der Waals surface area (Å²) in [5.74, 6) is 0.357. The Bertz CT molecular complexity index is 781. The number of carbonyl (C=O) groups is 1. The van der Waals surface area contributed by atoms with Crippen molar-refractivity contribution in [1.29, 1.82) is 0 Å². The Labute approximate surface area is 148 Å². The minimum atomic E-state index is -0.138. The van der Waals surface area contributed by atoms with Crippen LogP contribution in [-0.2, 0) is 0 Å². The van der Waals surface area contributed by atoms with Crippen molar-refractivity contribution in [3.63, 3.8) is 0 Å². The second-order valence-electron chi connectivity index (χ2n) is 6.38. The number of ether oxygens (including phenoxy) is 1. The van der Waals surface area contributed by atoms with Crippen LogP contribution in [0.15, 0.2) is 36.4 Å². The Balaban J connectivity index is 1.70. The fourth-order valence-electron chi connectivity index (χ4n) is 3.22. The van der Waals surface area contributed by atoms with Gasteiger partial charge in [0.2, 0.25) is 0 Å². The monoisotopic (exact) mass is 340 g/mol. The number of piperazine rings is 1. The van der Waals surface area contributed by atoms with E-state index < -0.39 is 0 Å². The van der Waals surface area contributed by atoms with Crippen LogP contribution in [0.1, 0.15) is 21.5 Å². The topological polar surface area (TPSA) is 53.0 Å². The maximum atomic E-state index is 12.7. The molecule has 1 aliphatic rings. The molecule has 25 heavy (non-hydrogen) atoms. The number of rotatable bonds is 3. The average molecular weight is 340 g/mol. The van der Waals surface area contributed by atoms with E-state index in [9.17, 15) is 9.90 Å². The van der Waals surface area contributed by atoms with Crippen LogP contribution in [0.3, 0.4) is 0 Å². The van der Waals surface area contributed by atoms with E-state index in [-0.39, 0.29) is 11.7 Å². The van der Waals surface area contributed by atoms with E-state index in [0.717, 1.165) is 13.1 Å². The zero-order chi connectivity index (χ0) is 18.0. The van der Waals surface area contributed by atoms with E-state index in [2.05, 4.69) is 36.9 Å². The molecule has 1 amide bonds. The molecule has 0 bridgehead atoms. The summed E-state index contributed by atoms with van der Waals surface area (Å²) in [7, 11) is 1.53. The van der Waals surface area contributed by atoms with Crippen molar-refractivity contribution in [3.8, 4) is 11.5 Å². The fourth-order valence-corrected chi connectivity index (χ4v) is 3.22. The molecule has 1 N–H and O–H groups in total. The molecule has 3 rings (SSSR count). The van der Waals surface area contributed by atoms with Crippen molar-refractivity contribution in [2.24, 2.45) is 0 Å². The highest BCUT2D eigenvalue weighted by Crippen LogP contribution is 2.27. The maximum Gasteiger partial charge on any atom is 0.257 e. The number of amides is 1. The zero-order valence-corrected chi connectivity index (χ0v) is 15.0. The van der Waals surface area contributed by atoms with Gasteiger partial charge in [0.05, 0.1) is 12.7 Å². The number of anilines is 1. The Morgan fingerprint density at radius 2 is 1.80 bits per heavy atom. The predicted molar refractivity (Wildman–Crippen MR) is 98.7 cm³/mol. The van der Waals surface area contributed by atoms with Gasteiger partial charge in [0.15, 0.2) is 0 Å². The van der Waals surface area contributed by atoms with Gasteiger partial charge in [0.1, 0.15) is 11.5 Å². The van der Waals surface area contributed by atoms with Crippen molar-refractivity contribution in [2.45, 2.75) is 13.8 Å². The molecule has 0 unspecified atom stereocenters. The van der Waals surface area contributed by atoms with Gasteiger partial charge in [0.25, 0.3) is 5.91 Å². The largest absolute Gasteiger partial charge is 0.507 e. The second kappa shape index (κ2) is 7.05. The summed E-state index contributed by atoms with van der Waals surface area (Å²) in [6.45, 7) is 7.10. The Hall–Kier alpha value is -2.69. The van der Waals surface area contributed by atoms with Gasteiger partial charge < -0.3 is 19.6 Å². The van der Waals surface area contributed by atoms with Crippen molar-refractivity contribution < 1.29 is 14.6 Å². The maximum absolute atomic E-state index is 12.7. The first-order valence-corrected chi connectivity index (χ1v) is 8.48. The molecular formula is C20H24N2O3. The third-order valence-corrected chi connectivity index (χ3v) is 4.92. The van der Waals surface area contributed by atoms with Crippen LogP contribution in [0, 0.1) is 13.8 Å². The zero-order valence-electron chi connectivity index (χ0n) is 15.0. The van der Waals surface area contributed by atoms with E-state index in [1.54, 1.807) is 17.0 Å². The van der Waals surface area contributed by atoms with Gasteiger partial charge in [-0.15, -0.1) is 0 Å². The second-order valence-corrected chi connectivity index (χ2v) is 6.38. The molecule has 0 radical (unpaired) electrons. The van der Waals surface area contributed by atoms with Crippen LogP contribution in [0.25, 0.3) is 0 Å². The third-order valence-electron chi connectivity index (χ3n) is 4.92. The number of hydrogen-bond acceptors (Lipinski definition) is 4. The van der Waals surface area contributed by atoms with Crippen LogP contribution >= 0.6 is 0 Å². The standard InChI is InChI=1S/C20H24N2O3/c1-14-5-4-6-18(15(14)2)21-9-11-22(12-10-21)20(24)17-8-7-16(25-3)13-19(17)23/h4-8,13,23H,9-12H2,1-3H3. The summed E-state index contributed by atoms with van der Waals surface area (Å²) in [5, 5.41) is 10.1. The summed E-state index contributed by atoms with van der Waals surface area (Å²) >= 11 is 0. The molecule has 0 aliphatic carbocycles. The van der Waals surface area contributed by atoms with E-state index >= 15 is 0 Å². The molecule has 132 valence electrons. The SMILES string of the molecule is COc1ccc(C(=O)N2CCN(c3cccc(C)c3C)CC2)c(O)c1. The van der Waals surface area contributed by atoms with Gasteiger partial charge in [-0.05, 0) is 43.2 Å². The molecule has 0 spiro atoms. The highest BCUT2D eigenvalue weighted by Gasteiger charge is 2.25. The van der Waals surface area contributed by atoms with E-state index in [0.29, 0.717) is 24.4 Å². The number of hydrogen-bond donors (Lipinski definition) is 1. The Kier molecular flexibility index (Phi) is 4.83. The quantitative estimate of drug-likeness (QED) is 0.933. The molecule has 1 fully saturated rings. The molecule has 1 heterocycles. The van der Waals surface area contributed by atoms with Crippen LogP contribution in [0.2, 0.25) is 0 Å². The number of aryl methyl sites for hydroxylation is 1. The molecule has 0 aromatic heterocycles. The van der Waals surface area contributed by atoms with Gasteiger partial charge in [0, 0.05) is 37.9 Å². The van der Waals surface area contributed by atoms with Crippen molar-refractivity contribution in [2.75, 3.05) is 38.2 Å². The van der Waals surface area contributed by atoms with E-state index in [4.69, 9.17) is 4.74 Å². The van der Waals surface area contributed by atoms with Gasteiger partial charge in [-0.3, -0.25) is 4.79 Å². The number of aromatic hydroxyl groups is 1. The molecule has 2 aromatic rings. The normalized spacial score (nSPS) is 14.5. The fraction of sp³-hybridized carbons (Fsp3) is 0.350. The number of methoxy groups -OCH3 is 1. The van der Waals surface area contributed by atoms with E-state index in [1.807, 2.05) is 0 Å². The van der Waals surface area contributed by atoms with Crippen LogP contribution in [-0.4, -0.2) is 49.2 Å². The molecule has 1 aliphatic heterocycles. The lowest BCUT2D eigenvalue weighted by atomic mass is 10.1. The first kappa shape index (κ1) is 17.1. The number of carbonyl (C=O) groups excluding carboxylic acids is 1.